The van der Waals surface area contributed by atoms with Crippen LogP contribution in [-0.2, 0) is 5.88 Å². The van der Waals surface area contributed by atoms with Gasteiger partial charge in [-0.05, 0) is 0 Å². The van der Waals surface area contributed by atoms with Gasteiger partial charge in [-0.3, -0.25) is 0 Å². The highest BCUT2D eigenvalue weighted by Gasteiger charge is 2.18. The van der Waals surface area contributed by atoms with Crippen LogP contribution in [0.1, 0.15) is 5.56 Å². The molecule has 0 aliphatic carbocycles. The SMILES string of the molecule is COc1c(F)cc(F)c(F)c1CCl. The first kappa shape index (κ1) is 10.2. The van der Waals surface area contributed by atoms with Gasteiger partial charge in [-0.2, -0.15) is 0 Å². The van der Waals surface area contributed by atoms with Crippen molar-refractivity contribution in [2.45, 2.75) is 5.88 Å². The van der Waals surface area contributed by atoms with Gasteiger partial charge in [-0.25, -0.2) is 13.2 Å². The molecule has 0 aliphatic heterocycles. The maximum Gasteiger partial charge on any atom is 0.168 e. The molecule has 1 aromatic carbocycles. The predicted octanol–water partition coefficient (Wildman–Crippen LogP) is 2.85. The Labute approximate surface area is 78.1 Å². The molecule has 0 aromatic heterocycles. The molecule has 0 amide bonds. The van der Waals surface area contributed by atoms with Crippen molar-refractivity contribution in [2.24, 2.45) is 0 Å². The van der Waals surface area contributed by atoms with E-state index >= 15 is 0 Å². The van der Waals surface area contributed by atoms with Crippen molar-refractivity contribution in [3.63, 3.8) is 0 Å². The number of halogens is 4. The lowest BCUT2D eigenvalue weighted by atomic mass is 10.2. The summed E-state index contributed by atoms with van der Waals surface area (Å²) < 4.78 is 43.0. The summed E-state index contributed by atoms with van der Waals surface area (Å²) >= 11 is 5.31. The van der Waals surface area contributed by atoms with Crippen molar-refractivity contribution in [2.75, 3.05) is 7.11 Å². The molecule has 0 aliphatic rings. The number of methoxy groups -OCH3 is 1. The van der Waals surface area contributed by atoms with Crippen LogP contribution in [0.2, 0.25) is 0 Å². The van der Waals surface area contributed by atoms with Gasteiger partial charge in [0.1, 0.15) is 0 Å². The van der Waals surface area contributed by atoms with E-state index in [1.54, 1.807) is 0 Å². The first-order chi connectivity index (χ1) is 6.11. The lowest BCUT2D eigenvalue weighted by Gasteiger charge is -2.08. The van der Waals surface area contributed by atoms with Crippen LogP contribution in [0.4, 0.5) is 13.2 Å². The van der Waals surface area contributed by atoms with Gasteiger partial charge in [0.15, 0.2) is 23.2 Å². The Bertz CT molecular complexity index is 328. The van der Waals surface area contributed by atoms with E-state index in [4.69, 9.17) is 11.6 Å². The molecule has 5 heteroatoms. The largest absolute Gasteiger partial charge is 0.493 e. The molecular weight excluding hydrogens is 205 g/mol. The number of alkyl halides is 1. The van der Waals surface area contributed by atoms with E-state index in [2.05, 4.69) is 4.74 Å². The fraction of sp³-hybridized carbons (Fsp3) is 0.250. The Morgan fingerprint density at radius 3 is 2.38 bits per heavy atom. The average Bonchev–Trinajstić information content (AvgIpc) is 2.10. The van der Waals surface area contributed by atoms with E-state index in [9.17, 15) is 13.2 Å². The molecule has 72 valence electrons. The monoisotopic (exact) mass is 210 g/mol. The third-order valence-corrected chi connectivity index (χ3v) is 1.82. The standard InChI is InChI=1S/C8H6ClF3O/c1-13-8-4(3-9)7(12)5(10)2-6(8)11/h2H,3H2,1H3. The summed E-state index contributed by atoms with van der Waals surface area (Å²) in [7, 11) is 1.16. The van der Waals surface area contributed by atoms with Crippen molar-refractivity contribution in [1.82, 2.24) is 0 Å². The number of hydrogen-bond donors (Lipinski definition) is 0. The van der Waals surface area contributed by atoms with Crippen LogP contribution >= 0.6 is 11.6 Å². The Morgan fingerprint density at radius 2 is 1.92 bits per heavy atom. The zero-order valence-corrected chi connectivity index (χ0v) is 7.46. The van der Waals surface area contributed by atoms with Crippen molar-refractivity contribution in [3.8, 4) is 5.75 Å². The van der Waals surface area contributed by atoms with Gasteiger partial charge < -0.3 is 4.74 Å². The van der Waals surface area contributed by atoms with E-state index in [1.807, 2.05) is 0 Å². The zero-order chi connectivity index (χ0) is 10.0. The third kappa shape index (κ3) is 1.72. The smallest absolute Gasteiger partial charge is 0.168 e. The molecule has 0 radical (unpaired) electrons. The first-order valence-corrected chi connectivity index (χ1v) is 3.91. The highest BCUT2D eigenvalue weighted by Crippen LogP contribution is 2.28. The normalized spacial score (nSPS) is 10.2. The number of hydrogen-bond acceptors (Lipinski definition) is 1. The summed E-state index contributed by atoms with van der Waals surface area (Å²) in [5.41, 5.74) is -0.304. The minimum Gasteiger partial charge on any atom is -0.493 e. The topological polar surface area (TPSA) is 9.23 Å². The molecule has 0 N–H and O–H groups in total. The highest BCUT2D eigenvalue weighted by molar-refractivity contribution is 6.17. The quantitative estimate of drug-likeness (QED) is 0.539. The van der Waals surface area contributed by atoms with Gasteiger partial charge in [-0.15, -0.1) is 11.6 Å². The van der Waals surface area contributed by atoms with E-state index in [0.717, 1.165) is 7.11 Å². The average molecular weight is 211 g/mol. The minimum absolute atomic E-state index is 0.304. The van der Waals surface area contributed by atoms with Gasteiger partial charge in [0.05, 0.1) is 18.6 Å². The number of benzene rings is 1. The summed E-state index contributed by atoms with van der Waals surface area (Å²) in [6.45, 7) is 0. The molecule has 13 heavy (non-hydrogen) atoms. The molecule has 0 unspecified atom stereocenters. The van der Waals surface area contributed by atoms with Gasteiger partial charge >= 0.3 is 0 Å². The fourth-order valence-corrected chi connectivity index (χ4v) is 1.21. The molecule has 0 spiro atoms. The van der Waals surface area contributed by atoms with E-state index in [-0.39, 0.29) is 17.2 Å². The van der Waals surface area contributed by atoms with E-state index in [0.29, 0.717) is 6.07 Å². The van der Waals surface area contributed by atoms with Crippen LogP contribution in [0.3, 0.4) is 0 Å². The Morgan fingerprint density at radius 1 is 1.31 bits per heavy atom. The second kappa shape index (κ2) is 3.87. The summed E-state index contributed by atoms with van der Waals surface area (Å²) in [4.78, 5) is 0. The van der Waals surface area contributed by atoms with Gasteiger partial charge in [0.2, 0.25) is 0 Å². The summed E-state index contributed by atoms with van der Waals surface area (Å²) in [6.07, 6.45) is 0. The molecule has 0 bridgehead atoms. The van der Waals surface area contributed by atoms with Gasteiger partial charge in [-0.1, -0.05) is 0 Å². The van der Waals surface area contributed by atoms with Crippen molar-refractivity contribution >= 4 is 11.6 Å². The predicted molar refractivity (Wildman–Crippen MR) is 42.4 cm³/mol. The third-order valence-electron chi connectivity index (χ3n) is 1.56. The van der Waals surface area contributed by atoms with Crippen LogP contribution in [-0.4, -0.2) is 7.11 Å². The molecule has 0 saturated heterocycles. The summed E-state index contributed by atoms with van der Waals surface area (Å²) in [6, 6.07) is 0.421. The highest BCUT2D eigenvalue weighted by atomic mass is 35.5. The number of ether oxygens (including phenoxy) is 1. The fourth-order valence-electron chi connectivity index (χ4n) is 0.968. The summed E-state index contributed by atoms with van der Waals surface area (Å²) in [5, 5.41) is 0. The Balaban J connectivity index is 3.41. The molecule has 1 aromatic rings. The number of rotatable bonds is 2. The van der Waals surface area contributed by atoms with Crippen molar-refractivity contribution in [3.05, 3.63) is 29.1 Å². The second-order valence-corrected chi connectivity index (χ2v) is 2.57. The van der Waals surface area contributed by atoms with Crippen molar-refractivity contribution < 1.29 is 17.9 Å². The van der Waals surface area contributed by atoms with Crippen LogP contribution < -0.4 is 4.74 Å². The van der Waals surface area contributed by atoms with Crippen LogP contribution in [0.5, 0.6) is 5.75 Å². The van der Waals surface area contributed by atoms with Gasteiger partial charge in [0, 0.05) is 6.07 Å². The second-order valence-electron chi connectivity index (χ2n) is 2.30. The minimum atomic E-state index is -1.27. The molecular formula is C8H6ClF3O. The molecule has 1 rings (SSSR count). The molecule has 1 nitrogen and oxygen atoms in total. The van der Waals surface area contributed by atoms with Crippen molar-refractivity contribution in [1.29, 1.82) is 0 Å². The maximum absolute atomic E-state index is 12.9. The molecule has 0 heterocycles. The maximum atomic E-state index is 12.9. The first-order valence-electron chi connectivity index (χ1n) is 3.38. The Hall–Kier alpha value is -0.900. The van der Waals surface area contributed by atoms with E-state index in [1.165, 1.54) is 0 Å². The van der Waals surface area contributed by atoms with Crippen LogP contribution in [0, 0.1) is 17.5 Å². The molecule has 0 atom stereocenters. The van der Waals surface area contributed by atoms with Crippen LogP contribution in [0.25, 0.3) is 0 Å². The van der Waals surface area contributed by atoms with E-state index < -0.39 is 17.5 Å². The Kier molecular flexibility index (Phi) is 3.03. The lowest BCUT2D eigenvalue weighted by molar-refractivity contribution is 0.370. The lowest BCUT2D eigenvalue weighted by Crippen LogP contribution is -2.00. The molecule has 0 fully saturated rings. The van der Waals surface area contributed by atoms with Gasteiger partial charge in [0.25, 0.3) is 0 Å². The zero-order valence-electron chi connectivity index (χ0n) is 6.70. The van der Waals surface area contributed by atoms with Crippen LogP contribution in [0.15, 0.2) is 6.07 Å². The molecule has 0 saturated carbocycles. The summed E-state index contributed by atoms with van der Waals surface area (Å²) in [5.74, 6) is -4.10.